The first kappa shape index (κ1) is 24.7. The van der Waals surface area contributed by atoms with Crippen LogP contribution in [0.3, 0.4) is 0 Å². The molecule has 5 nitrogen and oxygen atoms in total. The molecule has 0 aromatic rings. The van der Waals surface area contributed by atoms with Gasteiger partial charge in [-0.15, -0.1) is 0 Å². The summed E-state index contributed by atoms with van der Waals surface area (Å²) in [6.07, 6.45) is 9.34. The molecule has 12 atom stereocenters. The Labute approximate surface area is 211 Å². The van der Waals surface area contributed by atoms with E-state index in [2.05, 4.69) is 34.6 Å². The van der Waals surface area contributed by atoms with E-state index in [-0.39, 0.29) is 33.0 Å². The van der Waals surface area contributed by atoms with Crippen LogP contribution in [0.5, 0.6) is 0 Å². The number of ether oxygens (including phenoxy) is 1. The smallest absolute Gasteiger partial charge is 0.309 e. The van der Waals surface area contributed by atoms with Crippen molar-refractivity contribution in [3.05, 3.63) is 0 Å². The van der Waals surface area contributed by atoms with Gasteiger partial charge in [-0.2, -0.15) is 0 Å². The number of hydrogen-bond acceptors (Lipinski definition) is 4. The van der Waals surface area contributed by atoms with E-state index in [1.165, 1.54) is 12.8 Å². The fourth-order valence-electron chi connectivity index (χ4n) is 11.9. The topological polar surface area (TPSA) is 87.0 Å². The van der Waals surface area contributed by atoms with Crippen LogP contribution in [0.15, 0.2) is 0 Å². The zero-order valence-corrected chi connectivity index (χ0v) is 22.8. The van der Waals surface area contributed by atoms with Crippen molar-refractivity contribution in [2.24, 2.45) is 56.2 Å². The predicted octanol–water partition coefficient (Wildman–Crippen LogP) is 5.62. The highest BCUT2D eigenvalue weighted by atomic mass is 16.6. The standard InChI is InChI=1S/C30H48O5/c1-18-29-8-7-19-26(4,20(29)15-22(31)30(18,34)35-17-29)12-14-28(6)21-16-25(3,23(32)33)10-9-24(21,2)11-13-27(19,28)5/h18-22,31,34H,7-17H2,1-6H3,(H,32,33)/t18-,19+,20+,21-,22-,24-,25-,26-,27-,28+,29-,30-/m1/s1. The molecule has 0 amide bonds. The van der Waals surface area contributed by atoms with Crippen LogP contribution in [0.1, 0.15) is 106 Å². The Bertz CT molecular complexity index is 951. The van der Waals surface area contributed by atoms with E-state index in [0.29, 0.717) is 30.8 Å². The summed E-state index contributed by atoms with van der Waals surface area (Å²) in [5, 5.41) is 32.4. The van der Waals surface area contributed by atoms with Gasteiger partial charge in [0.2, 0.25) is 0 Å². The highest BCUT2D eigenvalue weighted by Gasteiger charge is 2.75. The molecule has 1 saturated heterocycles. The van der Waals surface area contributed by atoms with Crippen LogP contribution in [-0.4, -0.2) is 39.8 Å². The molecule has 5 saturated carbocycles. The Balaban J connectivity index is 1.40. The van der Waals surface area contributed by atoms with Crippen LogP contribution < -0.4 is 0 Å². The average Bonchev–Trinajstić information content (AvgIpc) is 2.97. The van der Waals surface area contributed by atoms with Gasteiger partial charge in [-0.05, 0) is 111 Å². The van der Waals surface area contributed by atoms with Crippen molar-refractivity contribution in [3.8, 4) is 0 Å². The van der Waals surface area contributed by atoms with E-state index in [1.807, 2.05) is 6.92 Å². The van der Waals surface area contributed by atoms with E-state index in [1.54, 1.807) is 0 Å². The molecule has 2 bridgehead atoms. The lowest BCUT2D eigenvalue weighted by Crippen LogP contribution is -2.69. The summed E-state index contributed by atoms with van der Waals surface area (Å²) in [5.74, 6) is -0.714. The summed E-state index contributed by atoms with van der Waals surface area (Å²) in [5.41, 5.74) is -0.0361. The van der Waals surface area contributed by atoms with Gasteiger partial charge in [-0.1, -0.05) is 34.6 Å². The fraction of sp³-hybridized carbons (Fsp3) is 0.967. The molecule has 0 radical (unpaired) electrons. The minimum absolute atomic E-state index is 0.0424. The zero-order valence-electron chi connectivity index (χ0n) is 22.8. The van der Waals surface area contributed by atoms with Gasteiger partial charge in [0.15, 0.2) is 5.79 Å². The van der Waals surface area contributed by atoms with Gasteiger partial charge >= 0.3 is 5.97 Å². The Hall–Kier alpha value is -0.650. The van der Waals surface area contributed by atoms with Gasteiger partial charge in [0, 0.05) is 11.3 Å². The van der Waals surface area contributed by atoms with E-state index < -0.39 is 23.3 Å². The van der Waals surface area contributed by atoms with Crippen molar-refractivity contribution in [1.82, 2.24) is 0 Å². The second kappa shape index (κ2) is 6.86. The number of carboxylic acid groups (broad SMARTS) is 1. The number of carbonyl (C=O) groups is 1. The first-order valence-corrected chi connectivity index (χ1v) is 14.4. The Morgan fingerprint density at radius 1 is 0.857 bits per heavy atom. The zero-order chi connectivity index (χ0) is 25.4. The molecule has 3 N–H and O–H groups in total. The number of aliphatic hydroxyl groups is 2. The monoisotopic (exact) mass is 488 g/mol. The SMILES string of the molecule is C[C@@H]1[C@]23CC[C@H]4[C@@](C)(CC[C@@]5(C)[C@@H]6C[C@](C)(C(=O)O)CC[C@]6(C)CC[C@]45C)[C@@H]2C[C@@H](O)[C@]1(O)OC3. The first-order chi connectivity index (χ1) is 16.1. The van der Waals surface area contributed by atoms with Crippen LogP contribution in [0.4, 0.5) is 0 Å². The average molecular weight is 489 g/mol. The van der Waals surface area contributed by atoms with E-state index in [4.69, 9.17) is 4.74 Å². The second-order valence-electron chi connectivity index (χ2n) is 15.5. The minimum Gasteiger partial charge on any atom is -0.481 e. The quantitative estimate of drug-likeness (QED) is 0.446. The largest absolute Gasteiger partial charge is 0.481 e. The molecule has 0 aromatic heterocycles. The van der Waals surface area contributed by atoms with Crippen LogP contribution in [0.2, 0.25) is 0 Å². The van der Waals surface area contributed by atoms with Crippen LogP contribution in [-0.2, 0) is 9.53 Å². The number of rotatable bonds is 1. The lowest BCUT2D eigenvalue weighted by molar-refractivity contribution is -0.291. The molecule has 6 fully saturated rings. The van der Waals surface area contributed by atoms with Crippen LogP contribution in [0, 0.1) is 56.2 Å². The summed E-state index contributed by atoms with van der Waals surface area (Å²) < 4.78 is 6.00. The van der Waals surface area contributed by atoms with Crippen molar-refractivity contribution < 1.29 is 24.9 Å². The number of aliphatic hydroxyl groups excluding tert-OH is 1. The van der Waals surface area contributed by atoms with E-state index in [0.717, 1.165) is 44.9 Å². The first-order valence-electron chi connectivity index (χ1n) is 14.4. The molecule has 1 aliphatic heterocycles. The maximum absolute atomic E-state index is 12.3. The van der Waals surface area contributed by atoms with E-state index in [9.17, 15) is 20.1 Å². The van der Waals surface area contributed by atoms with Crippen molar-refractivity contribution in [2.45, 2.75) is 118 Å². The van der Waals surface area contributed by atoms with Gasteiger partial charge in [0.05, 0.1) is 12.0 Å². The number of hydrogen-bond donors (Lipinski definition) is 3. The third kappa shape index (κ3) is 2.64. The lowest BCUT2D eigenvalue weighted by atomic mass is 9.30. The molecule has 0 unspecified atom stereocenters. The van der Waals surface area contributed by atoms with E-state index >= 15 is 0 Å². The third-order valence-electron chi connectivity index (χ3n) is 14.7. The maximum Gasteiger partial charge on any atom is 0.309 e. The van der Waals surface area contributed by atoms with Gasteiger partial charge in [-0.25, -0.2) is 0 Å². The molecular formula is C30H48O5. The fourth-order valence-corrected chi connectivity index (χ4v) is 11.9. The van der Waals surface area contributed by atoms with Gasteiger partial charge in [-0.3, -0.25) is 4.79 Å². The summed E-state index contributed by atoms with van der Waals surface area (Å²) in [7, 11) is 0. The highest BCUT2D eigenvalue weighted by molar-refractivity contribution is 5.74. The Morgan fingerprint density at radius 2 is 1.49 bits per heavy atom. The number of aliphatic carboxylic acids is 1. The van der Waals surface area contributed by atoms with Gasteiger partial charge in [0.1, 0.15) is 6.10 Å². The number of carboxylic acids is 1. The number of fused-ring (bicyclic) bond motifs is 7. The van der Waals surface area contributed by atoms with Crippen molar-refractivity contribution in [3.63, 3.8) is 0 Å². The molecule has 6 rings (SSSR count). The molecule has 6 aliphatic rings. The molecule has 5 heteroatoms. The third-order valence-corrected chi connectivity index (χ3v) is 14.7. The summed E-state index contributed by atoms with van der Waals surface area (Å²) in [6, 6.07) is 0. The normalized spacial score (nSPS) is 63.4. The Kier molecular flexibility index (Phi) is 4.83. The van der Waals surface area contributed by atoms with Crippen molar-refractivity contribution in [2.75, 3.05) is 6.61 Å². The maximum atomic E-state index is 12.3. The molecule has 35 heavy (non-hydrogen) atoms. The molecule has 5 aliphatic carbocycles. The summed E-state index contributed by atoms with van der Waals surface area (Å²) in [6.45, 7) is 14.7. The van der Waals surface area contributed by atoms with Crippen LogP contribution in [0.25, 0.3) is 0 Å². The Morgan fingerprint density at radius 3 is 2.17 bits per heavy atom. The van der Waals surface area contributed by atoms with Gasteiger partial charge < -0.3 is 20.1 Å². The second-order valence-corrected chi connectivity index (χ2v) is 15.5. The summed E-state index contributed by atoms with van der Waals surface area (Å²) >= 11 is 0. The molecular weight excluding hydrogens is 440 g/mol. The molecule has 1 spiro atoms. The van der Waals surface area contributed by atoms with Crippen LogP contribution >= 0.6 is 0 Å². The minimum atomic E-state index is -1.39. The lowest BCUT2D eigenvalue weighted by Gasteiger charge is -2.74. The molecule has 198 valence electrons. The predicted molar refractivity (Wildman–Crippen MR) is 133 cm³/mol. The molecule has 1 heterocycles. The van der Waals surface area contributed by atoms with Crippen molar-refractivity contribution >= 4 is 5.97 Å². The van der Waals surface area contributed by atoms with Crippen molar-refractivity contribution in [1.29, 1.82) is 0 Å². The summed E-state index contributed by atoms with van der Waals surface area (Å²) in [4.78, 5) is 12.3. The highest BCUT2D eigenvalue weighted by Crippen LogP contribution is 2.79. The van der Waals surface area contributed by atoms with Gasteiger partial charge in [0.25, 0.3) is 0 Å². The molecule has 0 aromatic carbocycles.